The highest BCUT2D eigenvalue weighted by atomic mass is 16.5. The van der Waals surface area contributed by atoms with Crippen LogP contribution in [0.2, 0.25) is 0 Å². The zero-order valence-electron chi connectivity index (χ0n) is 21.0. The molecule has 0 aromatic heterocycles. The Morgan fingerprint density at radius 3 is 2.57 bits per heavy atom. The summed E-state index contributed by atoms with van der Waals surface area (Å²) in [5.74, 6) is 1.52. The molecule has 2 fully saturated rings. The van der Waals surface area contributed by atoms with E-state index in [9.17, 15) is 14.9 Å². The molecule has 1 unspecified atom stereocenters. The number of nitrogens with zero attached hydrogens (tertiary/aromatic N) is 5. The Morgan fingerprint density at radius 2 is 1.89 bits per heavy atom. The molecular weight excluding hydrogens is 448 g/mol. The summed E-state index contributed by atoms with van der Waals surface area (Å²) in [5.41, 5.74) is 1.04. The minimum atomic E-state index is -0.622. The zero-order valence-corrected chi connectivity index (χ0v) is 21.0. The first-order valence-corrected chi connectivity index (χ1v) is 12.2. The van der Waals surface area contributed by atoms with E-state index in [4.69, 9.17) is 9.47 Å². The third kappa shape index (κ3) is 7.01. The molecule has 0 radical (unpaired) electrons. The van der Waals surface area contributed by atoms with Gasteiger partial charge in [-0.2, -0.15) is 5.26 Å². The lowest BCUT2D eigenvalue weighted by molar-refractivity contribution is -0.140. The zero-order chi connectivity index (χ0) is 25.2. The molecule has 10 heteroatoms. The van der Waals surface area contributed by atoms with Crippen LogP contribution in [0.3, 0.4) is 0 Å². The molecule has 2 heterocycles. The predicted molar refractivity (Wildman–Crippen MR) is 132 cm³/mol. The summed E-state index contributed by atoms with van der Waals surface area (Å²) in [7, 11) is 5.03. The van der Waals surface area contributed by atoms with Crippen molar-refractivity contribution in [2.75, 3.05) is 54.0 Å². The molecular formula is C25H36N6O4. The number of carbonyl (C=O) groups excluding carboxylic acids is 2. The number of benzene rings is 1. The molecule has 0 aliphatic carbocycles. The molecule has 2 aliphatic rings. The molecule has 1 atom stereocenters. The molecule has 10 nitrogen and oxygen atoms in total. The van der Waals surface area contributed by atoms with Gasteiger partial charge in [-0.3, -0.25) is 14.9 Å². The number of likely N-dealkylation sites (tertiary alicyclic amines) is 2. The van der Waals surface area contributed by atoms with Crippen LogP contribution in [0, 0.1) is 11.5 Å². The molecule has 2 saturated heterocycles. The maximum absolute atomic E-state index is 13.3. The lowest BCUT2D eigenvalue weighted by atomic mass is 10.1. The number of hydrogen-bond donors (Lipinski definition) is 1. The summed E-state index contributed by atoms with van der Waals surface area (Å²) in [6.45, 7) is 2.76. The molecule has 1 aromatic carbocycles. The van der Waals surface area contributed by atoms with Crippen LogP contribution in [0.4, 0.5) is 0 Å². The highest BCUT2D eigenvalue weighted by Gasteiger charge is 2.30. The largest absolute Gasteiger partial charge is 0.493 e. The van der Waals surface area contributed by atoms with E-state index in [1.54, 1.807) is 19.1 Å². The first-order chi connectivity index (χ1) is 17.0. The van der Waals surface area contributed by atoms with E-state index in [0.717, 1.165) is 44.3 Å². The van der Waals surface area contributed by atoms with E-state index in [1.165, 1.54) is 0 Å². The Labute approximate surface area is 207 Å². The van der Waals surface area contributed by atoms with Crippen LogP contribution in [0.25, 0.3) is 0 Å². The minimum Gasteiger partial charge on any atom is -0.493 e. The van der Waals surface area contributed by atoms with Crippen LogP contribution in [-0.4, -0.2) is 92.5 Å². The number of rotatable bonds is 8. The van der Waals surface area contributed by atoms with Crippen molar-refractivity contribution in [3.8, 4) is 17.7 Å². The Balaban J connectivity index is 1.67. The fourth-order valence-electron chi connectivity index (χ4n) is 4.45. The second kappa shape index (κ2) is 12.8. The van der Waals surface area contributed by atoms with Crippen LogP contribution in [-0.2, 0) is 16.0 Å². The number of nitriles is 1. The molecule has 35 heavy (non-hydrogen) atoms. The van der Waals surface area contributed by atoms with Crippen molar-refractivity contribution in [2.45, 2.75) is 44.6 Å². The maximum Gasteiger partial charge on any atom is 0.247 e. The predicted octanol–water partition coefficient (Wildman–Crippen LogP) is 1.61. The second-order valence-electron chi connectivity index (χ2n) is 8.91. The van der Waals surface area contributed by atoms with Crippen LogP contribution in [0.15, 0.2) is 23.2 Å². The van der Waals surface area contributed by atoms with Gasteiger partial charge in [-0.15, -0.1) is 0 Å². The van der Waals surface area contributed by atoms with Gasteiger partial charge in [0, 0.05) is 33.2 Å². The fourth-order valence-corrected chi connectivity index (χ4v) is 4.45. The van der Waals surface area contributed by atoms with E-state index in [-0.39, 0.29) is 18.4 Å². The first kappa shape index (κ1) is 26.1. The smallest absolute Gasteiger partial charge is 0.247 e. The Morgan fingerprint density at radius 1 is 1.17 bits per heavy atom. The van der Waals surface area contributed by atoms with Gasteiger partial charge in [0.2, 0.25) is 17.8 Å². The monoisotopic (exact) mass is 484 g/mol. The van der Waals surface area contributed by atoms with E-state index in [2.05, 4.69) is 10.3 Å². The van der Waals surface area contributed by atoms with E-state index in [1.807, 2.05) is 41.2 Å². The second-order valence-corrected chi connectivity index (χ2v) is 8.91. The highest BCUT2D eigenvalue weighted by Crippen LogP contribution is 2.27. The van der Waals surface area contributed by atoms with Crippen LogP contribution in [0.5, 0.6) is 11.5 Å². The standard InChI is InChI=1S/C25H36N6O4/c1-29(15-11-19-9-10-21(34-2)22(16-19)35-3)25(27-18-26)28-20-8-4-5-14-31(24(20)33)17-23(32)30-12-6-7-13-30/h9-10,16,20H,4-8,11-15,17H2,1-3H3,(H,27,28). The number of hydrogen-bond acceptors (Lipinski definition) is 6. The summed E-state index contributed by atoms with van der Waals surface area (Å²) >= 11 is 0. The number of nitrogens with one attached hydrogen (secondary N) is 1. The van der Waals surface area contributed by atoms with Gasteiger partial charge >= 0.3 is 0 Å². The normalized spacial score (nSPS) is 18.6. The van der Waals surface area contributed by atoms with Gasteiger partial charge in [0.15, 0.2) is 17.7 Å². The van der Waals surface area contributed by atoms with Gasteiger partial charge in [-0.05, 0) is 56.2 Å². The van der Waals surface area contributed by atoms with Crippen molar-refractivity contribution in [2.24, 2.45) is 4.99 Å². The lowest BCUT2D eigenvalue weighted by Gasteiger charge is -2.26. The number of carbonyl (C=O) groups is 2. The number of guanidine groups is 1. The van der Waals surface area contributed by atoms with Crippen molar-refractivity contribution in [1.82, 2.24) is 20.0 Å². The third-order valence-corrected chi connectivity index (χ3v) is 6.53. The topological polar surface area (TPSA) is 111 Å². The van der Waals surface area contributed by atoms with E-state index >= 15 is 0 Å². The Hall–Kier alpha value is -3.48. The molecule has 0 bridgehead atoms. The molecule has 1 N–H and O–H groups in total. The van der Waals surface area contributed by atoms with Gasteiger partial charge < -0.3 is 24.2 Å². The number of amides is 2. The first-order valence-electron chi connectivity index (χ1n) is 12.2. The van der Waals surface area contributed by atoms with Crippen molar-refractivity contribution in [3.05, 3.63) is 23.8 Å². The van der Waals surface area contributed by atoms with E-state index < -0.39 is 6.04 Å². The summed E-state index contributed by atoms with van der Waals surface area (Å²) in [5, 5.41) is 11.9. The quantitative estimate of drug-likeness (QED) is 0.258. The summed E-state index contributed by atoms with van der Waals surface area (Å²) < 4.78 is 10.7. The van der Waals surface area contributed by atoms with Crippen molar-refractivity contribution in [3.63, 3.8) is 0 Å². The van der Waals surface area contributed by atoms with Crippen LogP contribution < -0.4 is 14.8 Å². The number of methoxy groups -OCH3 is 2. The number of aliphatic imine (C=N–C) groups is 1. The van der Waals surface area contributed by atoms with Gasteiger partial charge in [0.25, 0.3) is 0 Å². The molecule has 2 aliphatic heterocycles. The van der Waals surface area contributed by atoms with Gasteiger partial charge in [0.1, 0.15) is 6.04 Å². The average Bonchev–Trinajstić information content (AvgIpc) is 3.36. The van der Waals surface area contributed by atoms with Crippen LogP contribution >= 0.6 is 0 Å². The molecule has 190 valence electrons. The lowest BCUT2D eigenvalue weighted by Crippen LogP contribution is -2.46. The summed E-state index contributed by atoms with van der Waals surface area (Å²) in [4.78, 5) is 35.8. The maximum atomic E-state index is 13.3. The van der Waals surface area contributed by atoms with E-state index in [0.29, 0.717) is 43.4 Å². The van der Waals surface area contributed by atoms with Gasteiger partial charge in [0.05, 0.1) is 20.8 Å². The molecule has 0 spiro atoms. The number of ether oxygens (including phenoxy) is 2. The summed E-state index contributed by atoms with van der Waals surface area (Å²) in [6, 6.07) is 5.13. The van der Waals surface area contributed by atoms with Gasteiger partial charge in [-0.25, -0.2) is 4.99 Å². The third-order valence-electron chi connectivity index (χ3n) is 6.53. The fraction of sp³-hybridized carbons (Fsp3) is 0.600. The molecule has 3 rings (SSSR count). The molecule has 2 amide bonds. The number of likely N-dealkylation sites (N-methyl/N-ethyl adjacent to an activating group) is 1. The molecule has 0 saturated carbocycles. The summed E-state index contributed by atoms with van der Waals surface area (Å²) in [6.07, 6.45) is 6.92. The Kier molecular flexibility index (Phi) is 9.58. The minimum absolute atomic E-state index is 0.00268. The average molecular weight is 485 g/mol. The highest BCUT2D eigenvalue weighted by molar-refractivity contribution is 5.90. The molecule has 1 aromatic rings. The SMILES string of the molecule is COc1ccc(CCN(C)C(=NC2CCCCN(CC(=O)N3CCCC3)C2=O)NC#N)cc1OC. The van der Waals surface area contributed by atoms with Crippen molar-refractivity contribution in [1.29, 1.82) is 5.26 Å². The van der Waals surface area contributed by atoms with Gasteiger partial charge in [-0.1, -0.05) is 6.07 Å². The van der Waals surface area contributed by atoms with Crippen molar-refractivity contribution >= 4 is 17.8 Å². The van der Waals surface area contributed by atoms with Crippen molar-refractivity contribution < 1.29 is 19.1 Å². The Bertz CT molecular complexity index is 954. The van der Waals surface area contributed by atoms with Crippen LogP contribution in [0.1, 0.15) is 37.7 Å².